The van der Waals surface area contributed by atoms with E-state index in [0.717, 1.165) is 42.1 Å². The highest BCUT2D eigenvalue weighted by atomic mass is 28.3. The third-order valence-corrected chi connectivity index (χ3v) is 9.85. The molecule has 198 valence electrons. The Kier molecular flexibility index (Phi) is 11.2. The molecule has 2 aromatic rings. The molecule has 0 aromatic heterocycles. The molecule has 2 aromatic carbocycles. The van der Waals surface area contributed by atoms with Gasteiger partial charge in [0.1, 0.15) is 0 Å². The molecular weight excluding hydrogens is 485 g/mol. The first-order chi connectivity index (χ1) is 17.0. The SMILES string of the molecule is CCOC(=O)C(CCc1ccc(CCCC[Si](C)(C)c2cccc(C(F)(F)F)c2)cc1)C(=O)OCC. The van der Waals surface area contributed by atoms with Gasteiger partial charge in [0, 0.05) is 0 Å². The molecule has 0 aliphatic rings. The van der Waals surface area contributed by atoms with E-state index < -0.39 is 37.7 Å². The molecule has 0 aliphatic heterocycles. The van der Waals surface area contributed by atoms with Gasteiger partial charge in [0.15, 0.2) is 5.92 Å². The number of hydrogen-bond acceptors (Lipinski definition) is 4. The fourth-order valence-corrected chi connectivity index (χ4v) is 6.67. The van der Waals surface area contributed by atoms with Crippen molar-refractivity contribution in [2.24, 2.45) is 5.92 Å². The van der Waals surface area contributed by atoms with Crippen molar-refractivity contribution in [1.29, 1.82) is 0 Å². The predicted molar refractivity (Wildman–Crippen MR) is 138 cm³/mol. The highest BCUT2D eigenvalue weighted by Gasteiger charge is 2.32. The molecule has 0 fully saturated rings. The van der Waals surface area contributed by atoms with E-state index in [1.165, 1.54) is 17.7 Å². The van der Waals surface area contributed by atoms with E-state index in [2.05, 4.69) is 25.2 Å². The number of benzene rings is 2. The summed E-state index contributed by atoms with van der Waals surface area (Å²) in [7, 11) is -1.96. The van der Waals surface area contributed by atoms with E-state index in [0.29, 0.717) is 12.8 Å². The molecule has 0 aliphatic carbocycles. The van der Waals surface area contributed by atoms with Gasteiger partial charge in [-0.2, -0.15) is 13.2 Å². The van der Waals surface area contributed by atoms with Crippen LogP contribution in [0.1, 0.15) is 49.8 Å². The number of carbonyl (C=O) groups is 2. The molecule has 0 saturated heterocycles. The molecule has 4 nitrogen and oxygen atoms in total. The van der Waals surface area contributed by atoms with Crippen LogP contribution in [-0.2, 0) is 38.1 Å². The fourth-order valence-electron chi connectivity index (χ4n) is 4.16. The van der Waals surface area contributed by atoms with Gasteiger partial charge in [-0.25, -0.2) is 0 Å². The lowest BCUT2D eigenvalue weighted by atomic mass is 9.98. The van der Waals surface area contributed by atoms with E-state index in [4.69, 9.17) is 9.47 Å². The Bertz CT molecular complexity index is 969. The van der Waals surface area contributed by atoms with Crippen LogP contribution in [0.25, 0.3) is 0 Å². The Morgan fingerprint density at radius 3 is 1.94 bits per heavy atom. The number of halogens is 3. The summed E-state index contributed by atoms with van der Waals surface area (Å²) in [5.41, 5.74) is 1.64. The minimum absolute atomic E-state index is 0.211. The molecule has 0 unspecified atom stereocenters. The Morgan fingerprint density at radius 1 is 0.861 bits per heavy atom. The molecular formula is C28H37F3O4Si. The third-order valence-electron chi connectivity index (χ3n) is 6.38. The van der Waals surface area contributed by atoms with Gasteiger partial charge in [-0.15, -0.1) is 0 Å². The number of hydrogen-bond donors (Lipinski definition) is 0. The standard InChI is InChI=1S/C28H37F3O4Si/c1-5-34-26(32)25(27(33)35-6-2)18-17-22-15-13-21(14-16-22)10-7-8-19-36(3,4)24-12-9-11-23(20-24)28(29,30)31/h9,11-16,20,25H,5-8,10,17-19H2,1-4H3. The normalized spacial score (nSPS) is 12.0. The van der Waals surface area contributed by atoms with Crippen LogP contribution in [0.15, 0.2) is 48.5 Å². The van der Waals surface area contributed by atoms with Gasteiger partial charge in [-0.3, -0.25) is 9.59 Å². The van der Waals surface area contributed by atoms with E-state index >= 15 is 0 Å². The van der Waals surface area contributed by atoms with Gasteiger partial charge in [-0.1, -0.05) is 79.3 Å². The second-order valence-electron chi connectivity index (χ2n) is 9.58. The van der Waals surface area contributed by atoms with Crippen LogP contribution >= 0.6 is 0 Å². The van der Waals surface area contributed by atoms with Crippen LogP contribution in [0.5, 0.6) is 0 Å². The highest BCUT2D eigenvalue weighted by Crippen LogP contribution is 2.29. The molecule has 0 atom stereocenters. The molecule has 36 heavy (non-hydrogen) atoms. The summed E-state index contributed by atoms with van der Waals surface area (Å²) in [6.07, 6.45) is -0.626. The summed E-state index contributed by atoms with van der Waals surface area (Å²) < 4.78 is 49.3. The number of ether oxygens (including phenoxy) is 2. The molecule has 0 heterocycles. The van der Waals surface area contributed by atoms with E-state index in [1.54, 1.807) is 13.8 Å². The maximum Gasteiger partial charge on any atom is 0.416 e. The number of alkyl halides is 3. The minimum atomic E-state index is -4.31. The quantitative estimate of drug-likeness (QED) is 0.134. The Balaban J connectivity index is 1.85. The molecule has 0 bridgehead atoms. The summed E-state index contributed by atoms with van der Waals surface area (Å²) in [6.45, 7) is 8.07. The fraction of sp³-hybridized carbons (Fsp3) is 0.500. The Labute approximate surface area is 213 Å². The van der Waals surface area contributed by atoms with Crippen molar-refractivity contribution in [2.45, 2.75) is 71.3 Å². The number of rotatable bonds is 13. The summed E-state index contributed by atoms with van der Waals surface area (Å²) in [4.78, 5) is 24.3. The monoisotopic (exact) mass is 522 g/mol. The minimum Gasteiger partial charge on any atom is -0.465 e. The average Bonchev–Trinajstić information content (AvgIpc) is 2.83. The maximum atomic E-state index is 13.1. The van der Waals surface area contributed by atoms with Gasteiger partial charge in [0.05, 0.1) is 26.9 Å². The van der Waals surface area contributed by atoms with Gasteiger partial charge in [0.25, 0.3) is 0 Å². The van der Waals surface area contributed by atoms with Crippen molar-refractivity contribution in [2.75, 3.05) is 13.2 Å². The van der Waals surface area contributed by atoms with E-state index in [1.807, 2.05) is 18.2 Å². The van der Waals surface area contributed by atoms with Crippen LogP contribution in [0.2, 0.25) is 19.1 Å². The van der Waals surface area contributed by atoms with Crippen molar-refractivity contribution in [3.8, 4) is 0 Å². The van der Waals surface area contributed by atoms with Crippen LogP contribution < -0.4 is 5.19 Å². The smallest absolute Gasteiger partial charge is 0.416 e. The second kappa shape index (κ2) is 13.6. The molecule has 2 rings (SSSR count). The van der Waals surface area contributed by atoms with Gasteiger partial charge >= 0.3 is 18.1 Å². The number of unbranched alkanes of at least 4 members (excludes halogenated alkanes) is 1. The lowest BCUT2D eigenvalue weighted by molar-refractivity contribution is -0.161. The lowest BCUT2D eigenvalue weighted by Gasteiger charge is -2.24. The van der Waals surface area contributed by atoms with Crippen molar-refractivity contribution in [3.63, 3.8) is 0 Å². The molecule has 0 spiro atoms. The molecule has 0 radical (unpaired) electrons. The molecule has 0 amide bonds. The summed E-state index contributed by atoms with van der Waals surface area (Å²) >= 11 is 0. The predicted octanol–water partition coefficient (Wildman–Crippen LogP) is 6.32. The zero-order valence-corrected chi connectivity index (χ0v) is 22.6. The zero-order chi connectivity index (χ0) is 26.8. The lowest BCUT2D eigenvalue weighted by Crippen LogP contribution is -2.41. The van der Waals surface area contributed by atoms with Crippen molar-refractivity contribution < 1.29 is 32.2 Å². The van der Waals surface area contributed by atoms with Gasteiger partial charge in [0.2, 0.25) is 0 Å². The summed E-state index contributed by atoms with van der Waals surface area (Å²) in [6, 6.07) is 14.8. The van der Waals surface area contributed by atoms with Crippen LogP contribution in [0, 0.1) is 5.92 Å². The average molecular weight is 523 g/mol. The first-order valence-corrected chi connectivity index (χ1v) is 15.8. The Morgan fingerprint density at radius 2 is 1.42 bits per heavy atom. The topological polar surface area (TPSA) is 52.6 Å². The number of esters is 2. The Hall–Kier alpha value is -2.61. The van der Waals surface area contributed by atoms with E-state index in [-0.39, 0.29) is 13.2 Å². The summed E-state index contributed by atoms with van der Waals surface area (Å²) in [5, 5.41) is 0.839. The zero-order valence-electron chi connectivity index (χ0n) is 21.6. The molecule has 8 heteroatoms. The molecule has 0 N–H and O–H groups in total. The van der Waals surface area contributed by atoms with E-state index in [9.17, 15) is 22.8 Å². The first kappa shape index (κ1) is 29.6. The van der Waals surface area contributed by atoms with Gasteiger partial charge in [-0.05, 0) is 50.7 Å². The van der Waals surface area contributed by atoms with Gasteiger partial charge < -0.3 is 9.47 Å². The molecule has 0 saturated carbocycles. The van der Waals surface area contributed by atoms with Crippen LogP contribution in [0.4, 0.5) is 13.2 Å². The van der Waals surface area contributed by atoms with Crippen LogP contribution in [-0.4, -0.2) is 33.2 Å². The van der Waals surface area contributed by atoms with Crippen molar-refractivity contribution in [3.05, 3.63) is 65.2 Å². The van der Waals surface area contributed by atoms with Crippen molar-refractivity contribution >= 4 is 25.2 Å². The summed E-state index contributed by atoms with van der Waals surface area (Å²) in [5.74, 6) is -2.03. The first-order valence-electron chi connectivity index (χ1n) is 12.6. The number of carbonyl (C=O) groups excluding carboxylic acids is 2. The van der Waals surface area contributed by atoms with Crippen LogP contribution in [0.3, 0.4) is 0 Å². The maximum absolute atomic E-state index is 13.1. The number of aryl methyl sites for hydroxylation is 2. The largest absolute Gasteiger partial charge is 0.465 e. The van der Waals surface area contributed by atoms with Crippen molar-refractivity contribution in [1.82, 2.24) is 0 Å². The second-order valence-corrected chi connectivity index (χ2v) is 14.4. The third kappa shape index (κ3) is 9.12. The highest BCUT2D eigenvalue weighted by molar-refractivity contribution is 6.89.